The summed E-state index contributed by atoms with van der Waals surface area (Å²) in [5, 5.41) is 37.5. The lowest BCUT2D eigenvalue weighted by molar-refractivity contribution is -0.141. The lowest BCUT2D eigenvalue weighted by atomic mass is 10.00. The van der Waals surface area contributed by atoms with Gasteiger partial charge in [-0.2, -0.15) is 0 Å². The maximum absolute atomic E-state index is 9.84. The molecule has 0 aliphatic carbocycles. The van der Waals surface area contributed by atoms with E-state index in [9.17, 15) is 19.8 Å². The van der Waals surface area contributed by atoms with Crippen LogP contribution in [0.5, 0.6) is 11.5 Å². The van der Waals surface area contributed by atoms with Gasteiger partial charge in [-0.25, -0.2) is 0 Å². The van der Waals surface area contributed by atoms with E-state index in [-0.39, 0.29) is 35.7 Å². The summed E-state index contributed by atoms with van der Waals surface area (Å²) in [6.45, 7) is 12.0. The monoisotopic (exact) mass is 483 g/mol. The van der Waals surface area contributed by atoms with Gasteiger partial charge in [0.2, 0.25) is 0 Å². The van der Waals surface area contributed by atoms with Crippen LogP contribution in [-0.2, 0) is 16.0 Å². The molecule has 33 heavy (non-hydrogen) atoms. The van der Waals surface area contributed by atoms with Crippen molar-refractivity contribution in [2.45, 2.75) is 53.9 Å². The van der Waals surface area contributed by atoms with Crippen LogP contribution < -0.4 is 0 Å². The van der Waals surface area contributed by atoms with Crippen molar-refractivity contribution in [1.29, 1.82) is 0 Å². The van der Waals surface area contributed by atoms with Crippen LogP contribution in [0.15, 0.2) is 24.3 Å². The summed E-state index contributed by atoms with van der Waals surface area (Å²) < 4.78 is 0. The third-order valence-corrected chi connectivity index (χ3v) is 5.31. The molecule has 0 amide bonds. The Morgan fingerprint density at radius 1 is 0.939 bits per heavy atom. The zero-order valence-corrected chi connectivity index (χ0v) is 21.0. The zero-order chi connectivity index (χ0) is 24.4. The number of aliphatic carboxylic acids is 2. The highest BCUT2D eigenvalue weighted by atomic mass is 35.5. The Labute approximate surface area is 202 Å². The van der Waals surface area contributed by atoms with Crippen molar-refractivity contribution in [2.24, 2.45) is 11.8 Å². The molecular weight excluding hydrogens is 446 g/mol. The number of carbonyl (C=O) groups is 2. The largest absolute Gasteiger partial charge is 0.504 e. The van der Waals surface area contributed by atoms with Crippen LogP contribution in [-0.4, -0.2) is 56.9 Å². The van der Waals surface area contributed by atoms with Gasteiger partial charge in [-0.1, -0.05) is 45.9 Å². The van der Waals surface area contributed by atoms with E-state index in [1.807, 2.05) is 13.0 Å². The van der Waals surface area contributed by atoms with Crippen LogP contribution in [0.3, 0.4) is 0 Å². The van der Waals surface area contributed by atoms with Crippen LogP contribution >= 0.6 is 12.4 Å². The number of benzene rings is 2. The Morgan fingerprint density at radius 2 is 1.42 bits per heavy atom. The van der Waals surface area contributed by atoms with Gasteiger partial charge in [0, 0.05) is 12.1 Å². The molecule has 1 saturated heterocycles. The molecule has 1 heterocycles. The maximum atomic E-state index is 9.84. The second-order valence-electron chi connectivity index (χ2n) is 8.71. The van der Waals surface area contributed by atoms with Crippen LogP contribution in [0.1, 0.15) is 51.7 Å². The van der Waals surface area contributed by atoms with E-state index in [4.69, 9.17) is 10.2 Å². The van der Waals surface area contributed by atoms with Crippen LogP contribution in [0.2, 0.25) is 0 Å². The molecule has 1 fully saturated rings. The Hall–Kier alpha value is -2.51. The zero-order valence-electron chi connectivity index (χ0n) is 20.2. The first kappa shape index (κ1) is 30.5. The van der Waals surface area contributed by atoms with Gasteiger partial charge in [-0.3, -0.25) is 9.59 Å². The third kappa shape index (κ3) is 10.3. The molecule has 0 saturated carbocycles. The van der Waals surface area contributed by atoms with Gasteiger partial charge in [-0.15, -0.1) is 12.4 Å². The number of hydrogen-bond donors (Lipinski definition) is 4. The molecule has 1 aliphatic rings. The van der Waals surface area contributed by atoms with E-state index in [0.29, 0.717) is 0 Å². The predicted octanol–water partition coefficient (Wildman–Crippen LogP) is 5.07. The molecule has 0 spiro atoms. The predicted molar refractivity (Wildman–Crippen MR) is 134 cm³/mol. The van der Waals surface area contributed by atoms with Gasteiger partial charge >= 0.3 is 11.9 Å². The Balaban J connectivity index is 0.000000660. The number of halogens is 1. The third-order valence-electron chi connectivity index (χ3n) is 5.31. The molecule has 0 unspecified atom stereocenters. The average Bonchev–Trinajstić information content (AvgIpc) is 3.25. The highest BCUT2D eigenvalue weighted by Crippen LogP contribution is 2.35. The first-order valence-corrected chi connectivity index (χ1v) is 11.1. The number of hydrogen-bond acceptors (Lipinski definition) is 5. The Kier molecular flexibility index (Phi) is 13.5. The number of likely N-dealkylation sites (tertiary alicyclic amines) is 1. The molecule has 2 aromatic carbocycles. The summed E-state index contributed by atoms with van der Waals surface area (Å²) in [7, 11) is 0. The molecule has 0 radical (unpaired) electrons. The van der Waals surface area contributed by atoms with E-state index in [1.165, 1.54) is 31.5 Å². The molecule has 0 atom stereocenters. The van der Waals surface area contributed by atoms with Crippen molar-refractivity contribution >= 4 is 35.1 Å². The van der Waals surface area contributed by atoms with Crippen LogP contribution in [0.4, 0.5) is 0 Å². The van der Waals surface area contributed by atoms with Gasteiger partial charge in [0.25, 0.3) is 0 Å². The quantitative estimate of drug-likeness (QED) is 0.438. The molecular formula is C25H38ClNO6. The first-order valence-electron chi connectivity index (χ1n) is 11.1. The standard InChI is InChI=1S/C17H21NO2.2C4H8O2.ClH/c1-12-15-10-13(6-9-18-7-2-3-8-18)4-5-14(15)11-16(19)17(12)20;2*1-3(2)4(5)6;/h4-5,10-11,19-20H,2-3,6-9H2,1H3;2*3H,1-2H3,(H,5,6);1H. The summed E-state index contributed by atoms with van der Waals surface area (Å²) in [6, 6.07) is 7.91. The smallest absolute Gasteiger partial charge is 0.305 e. The van der Waals surface area contributed by atoms with E-state index < -0.39 is 11.9 Å². The highest BCUT2D eigenvalue weighted by Gasteiger charge is 2.12. The number of nitrogens with zero attached hydrogens (tertiary/aromatic N) is 1. The minimum absolute atomic E-state index is 0. The summed E-state index contributed by atoms with van der Waals surface area (Å²) >= 11 is 0. The van der Waals surface area contributed by atoms with Gasteiger partial charge in [0.1, 0.15) is 0 Å². The van der Waals surface area contributed by atoms with Gasteiger partial charge < -0.3 is 25.3 Å². The van der Waals surface area contributed by atoms with Crippen molar-refractivity contribution in [1.82, 2.24) is 4.90 Å². The van der Waals surface area contributed by atoms with Crippen molar-refractivity contribution < 1.29 is 30.0 Å². The van der Waals surface area contributed by atoms with Crippen LogP contribution in [0.25, 0.3) is 10.8 Å². The summed E-state index contributed by atoms with van der Waals surface area (Å²) in [4.78, 5) is 21.9. The van der Waals surface area contributed by atoms with Gasteiger partial charge in [0.05, 0.1) is 11.8 Å². The second kappa shape index (κ2) is 14.6. The SMILES string of the molecule is CC(C)C(=O)O.CC(C)C(=O)O.Cc1c(O)c(O)cc2ccc(CCN3CCCC3)cc12.Cl. The molecule has 186 valence electrons. The minimum Gasteiger partial charge on any atom is -0.504 e. The highest BCUT2D eigenvalue weighted by molar-refractivity contribution is 5.90. The van der Waals surface area contributed by atoms with Crippen molar-refractivity contribution in [3.05, 3.63) is 35.4 Å². The molecule has 0 aromatic heterocycles. The lowest BCUT2D eigenvalue weighted by Gasteiger charge is -2.15. The molecule has 7 nitrogen and oxygen atoms in total. The van der Waals surface area contributed by atoms with E-state index in [0.717, 1.165) is 29.3 Å². The number of fused-ring (bicyclic) bond motifs is 1. The van der Waals surface area contributed by atoms with E-state index in [1.54, 1.807) is 33.8 Å². The number of aromatic hydroxyl groups is 2. The topological polar surface area (TPSA) is 118 Å². The van der Waals surface area contributed by atoms with Crippen molar-refractivity contribution in [3.63, 3.8) is 0 Å². The number of carboxylic acids is 2. The molecule has 3 rings (SSSR count). The fourth-order valence-electron chi connectivity index (χ4n) is 3.04. The van der Waals surface area contributed by atoms with Crippen LogP contribution in [0, 0.1) is 18.8 Å². The Bertz CT molecular complexity index is 889. The average molecular weight is 484 g/mol. The molecule has 1 aliphatic heterocycles. The summed E-state index contributed by atoms with van der Waals surface area (Å²) in [5.74, 6) is -1.99. The van der Waals surface area contributed by atoms with Gasteiger partial charge in [0.15, 0.2) is 11.5 Å². The molecule has 0 bridgehead atoms. The second-order valence-corrected chi connectivity index (χ2v) is 8.71. The number of carboxylic acid groups (broad SMARTS) is 2. The molecule has 4 N–H and O–H groups in total. The normalized spacial score (nSPS) is 13.1. The Morgan fingerprint density at radius 3 is 1.88 bits per heavy atom. The summed E-state index contributed by atoms with van der Waals surface area (Å²) in [5.41, 5.74) is 2.04. The number of phenolic OH excluding ortho intramolecular Hbond substituents is 2. The first-order chi connectivity index (χ1) is 14.9. The van der Waals surface area contributed by atoms with Crippen molar-refractivity contribution in [3.8, 4) is 11.5 Å². The van der Waals surface area contributed by atoms with E-state index >= 15 is 0 Å². The minimum atomic E-state index is -0.741. The molecule has 2 aromatic rings. The number of phenols is 2. The summed E-state index contributed by atoms with van der Waals surface area (Å²) in [6.07, 6.45) is 3.69. The maximum Gasteiger partial charge on any atom is 0.305 e. The number of aryl methyl sites for hydroxylation is 1. The fraction of sp³-hybridized carbons (Fsp3) is 0.520. The van der Waals surface area contributed by atoms with E-state index in [2.05, 4.69) is 17.0 Å². The lowest BCUT2D eigenvalue weighted by Crippen LogP contribution is -2.21. The van der Waals surface area contributed by atoms with Gasteiger partial charge in [-0.05, 0) is 61.7 Å². The number of rotatable bonds is 5. The van der Waals surface area contributed by atoms with Crippen molar-refractivity contribution in [2.75, 3.05) is 19.6 Å². The molecule has 8 heteroatoms. The fourth-order valence-corrected chi connectivity index (χ4v) is 3.04.